The van der Waals surface area contributed by atoms with Crippen molar-refractivity contribution in [2.45, 2.75) is 52.2 Å². The van der Waals surface area contributed by atoms with Crippen molar-refractivity contribution in [2.24, 2.45) is 11.3 Å². The van der Waals surface area contributed by atoms with Gasteiger partial charge in [-0.15, -0.1) is 0 Å². The quantitative estimate of drug-likeness (QED) is 0.751. The molecule has 1 saturated carbocycles. The Morgan fingerprint density at radius 3 is 2.44 bits per heavy atom. The van der Waals surface area contributed by atoms with Crippen LogP contribution in [0.25, 0.3) is 0 Å². The predicted octanol–water partition coefficient (Wildman–Crippen LogP) is 1.31. The summed E-state index contributed by atoms with van der Waals surface area (Å²) >= 11 is 0. The number of nitrogens with one attached hydrogen (secondary N) is 2. The van der Waals surface area contributed by atoms with Gasteiger partial charge in [-0.05, 0) is 26.2 Å². The highest BCUT2D eigenvalue weighted by Crippen LogP contribution is 2.48. The van der Waals surface area contributed by atoms with Crippen LogP contribution in [0.15, 0.2) is 0 Å². The van der Waals surface area contributed by atoms with E-state index in [-0.39, 0.29) is 17.2 Å². The minimum absolute atomic E-state index is 0.156. The molecule has 0 aromatic heterocycles. The van der Waals surface area contributed by atoms with Crippen LogP contribution in [0.1, 0.15) is 40.0 Å². The van der Waals surface area contributed by atoms with E-state index in [1.165, 1.54) is 0 Å². The minimum Gasteiger partial charge on any atom is -0.378 e. The number of hydrogen-bond donors (Lipinski definition) is 2. The van der Waals surface area contributed by atoms with E-state index in [1.807, 2.05) is 6.92 Å². The molecule has 0 bridgehead atoms. The third kappa shape index (κ3) is 2.16. The highest BCUT2D eigenvalue weighted by Gasteiger charge is 2.54. The zero-order valence-corrected chi connectivity index (χ0v) is 11.8. The van der Waals surface area contributed by atoms with E-state index in [0.29, 0.717) is 12.1 Å². The summed E-state index contributed by atoms with van der Waals surface area (Å²) in [5.74, 6) is 0.405. The normalized spacial score (nSPS) is 30.4. The van der Waals surface area contributed by atoms with E-state index < -0.39 is 0 Å². The standard InChI is InChI=1S/C14H26N2O2/c1-4-14(5-2)11(7-12(14)18-6-3)16-13(17)10-8-15-9-10/h10-12,15H,4-9H2,1-3H3,(H,16,17). The van der Waals surface area contributed by atoms with Crippen LogP contribution in [0, 0.1) is 11.3 Å². The first-order chi connectivity index (χ1) is 8.67. The van der Waals surface area contributed by atoms with Gasteiger partial charge in [0.15, 0.2) is 0 Å². The number of carbonyl (C=O) groups excluding carboxylic acids is 1. The first-order valence-electron chi connectivity index (χ1n) is 7.30. The van der Waals surface area contributed by atoms with Gasteiger partial charge in [0.2, 0.25) is 5.91 Å². The van der Waals surface area contributed by atoms with E-state index in [0.717, 1.165) is 39.0 Å². The molecule has 0 aromatic rings. The van der Waals surface area contributed by atoms with Crippen molar-refractivity contribution in [2.75, 3.05) is 19.7 Å². The number of amides is 1. The number of carbonyl (C=O) groups is 1. The van der Waals surface area contributed by atoms with Crippen LogP contribution in [0.4, 0.5) is 0 Å². The summed E-state index contributed by atoms with van der Waals surface area (Å²) in [6.07, 6.45) is 3.44. The zero-order chi connectivity index (χ0) is 13.2. The molecule has 104 valence electrons. The summed E-state index contributed by atoms with van der Waals surface area (Å²) in [6.45, 7) is 8.89. The molecule has 4 nitrogen and oxygen atoms in total. The molecule has 4 heteroatoms. The largest absolute Gasteiger partial charge is 0.378 e. The molecule has 1 amide bonds. The topological polar surface area (TPSA) is 50.4 Å². The molecule has 0 spiro atoms. The summed E-state index contributed by atoms with van der Waals surface area (Å²) in [5, 5.41) is 6.38. The maximum Gasteiger partial charge on any atom is 0.225 e. The van der Waals surface area contributed by atoms with Gasteiger partial charge in [0.1, 0.15) is 0 Å². The highest BCUT2D eigenvalue weighted by atomic mass is 16.5. The molecule has 2 N–H and O–H groups in total. The molecular formula is C14H26N2O2. The third-order valence-electron chi connectivity index (χ3n) is 4.94. The molecule has 2 fully saturated rings. The van der Waals surface area contributed by atoms with Gasteiger partial charge in [0, 0.05) is 31.2 Å². The van der Waals surface area contributed by atoms with Gasteiger partial charge in [-0.25, -0.2) is 0 Å². The lowest BCUT2D eigenvalue weighted by Crippen LogP contribution is -2.66. The summed E-state index contributed by atoms with van der Waals surface area (Å²) in [6, 6.07) is 0.303. The minimum atomic E-state index is 0.156. The van der Waals surface area contributed by atoms with Gasteiger partial charge in [-0.3, -0.25) is 4.79 Å². The van der Waals surface area contributed by atoms with Gasteiger partial charge < -0.3 is 15.4 Å². The van der Waals surface area contributed by atoms with Crippen LogP contribution in [-0.2, 0) is 9.53 Å². The number of hydrogen-bond acceptors (Lipinski definition) is 3. The van der Waals surface area contributed by atoms with Crippen molar-refractivity contribution in [1.29, 1.82) is 0 Å². The van der Waals surface area contributed by atoms with Crippen LogP contribution in [0.5, 0.6) is 0 Å². The first-order valence-corrected chi connectivity index (χ1v) is 7.30. The number of rotatable bonds is 6. The van der Waals surface area contributed by atoms with E-state index in [2.05, 4.69) is 24.5 Å². The fourth-order valence-corrected chi connectivity index (χ4v) is 3.35. The Bertz CT molecular complexity index is 298. The van der Waals surface area contributed by atoms with Gasteiger partial charge in [0.25, 0.3) is 0 Å². The van der Waals surface area contributed by atoms with Crippen LogP contribution < -0.4 is 10.6 Å². The van der Waals surface area contributed by atoms with Crippen molar-refractivity contribution in [3.63, 3.8) is 0 Å². The zero-order valence-electron chi connectivity index (χ0n) is 11.8. The van der Waals surface area contributed by atoms with E-state index in [9.17, 15) is 4.79 Å². The molecule has 2 rings (SSSR count). The summed E-state index contributed by atoms with van der Waals surface area (Å²) in [5.41, 5.74) is 0.156. The van der Waals surface area contributed by atoms with E-state index >= 15 is 0 Å². The van der Waals surface area contributed by atoms with Crippen LogP contribution in [0.3, 0.4) is 0 Å². The second kappa shape index (κ2) is 5.57. The Hall–Kier alpha value is -0.610. The molecule has 1 heterocycles. The second-order valence-electron chi connectivity index (χ2n) is 5.54. The number of ether oxygens (including phenoxy) is 1. The highest BCUT2D eigenvalue weighted by molar-refractivity contribution is 5.80. The molecule has 0 radical (unpaired) electrons. The molecule has 1 aliphatic carbocycles. The molecular weight excluding hydrogens is 228 g/mol. The average molecular weight is 254 g/mol. The lowest BCUT2D eigenvalue weighted by molar-refractivity contribution is -0.151. The fraction of sp³-hybridized carbons (Fsp3) is 0.929. The molecule has 18 heavy (non-hydrogen) atoms. The van der Waals surface area contributed by atoms with Gasteiger partial charge in [0.05, 0.1) is 12.0 Å². The predicted molar refractivity (Wildman–Crippen MR) is 71.3 cm³/mol. The SMILES string of the molecule is CCOC1CC(NC(=O)C2CNC2)C1(CC)CC. The van der Waals surface area contributed by atoms with E-state index in [4.69, 9.17) is 4.74 Å². The Morgan fingerprint density at radius 2 is 2.00 bits per heavy atom. The van der Waals surface area contributed by atoms with Gasteiger partial charge >= 0.3 is 0 Å². The molecule has 2 unspecified atom stereocenters. The smallest absolute Gasteiger partial charge is 0.225 e. The van der Waals surface area contributed by atoms with Crippen LogP contribution >= 0.6 is 0 Å². The molecule has 0 aromatic carbocycles. The van der Waals surface area contributed by atoms with Gasteiger partial charge in [-0.1, -0.05) is 13.8 Å². The van der Waals surface area contributed by atoms with Crippen LogP contribution in [-0.4, -0.2) is 37.7 Å². The van der Waals surface area contributed by atoms with Crippen molar-refractivity contribution < 1.29 is 9.53 Å². The van der Waals surface area contributed by atoms with Gasteiger partial charge in [-0.2, -0.15) is 0 Å². The lowest BCUT2D eigenvalue weighted by atomic mass is 9.58. The second-order valence-corrected chi connectivity index (χ2v) is 5.54. The van der Waals surface area contributed by atoms with Crippen molar-refractivity contribution in [3.8, 4) is 0 Å². The molecule has 2 atom stereocenters. The maximum atomic E-state index is 12.0. The Balaban J connectivity index is 1.94. The Labute approximate surface area is 110 Å². The van der Waals surface area contributed by atoms with Crippen molar-refractivity contribution in [1.82, 2.24) is 10.6 Å². The Kier molecular flexibility index (Phi) is 4.28. The third-order valence-corrected chi connectivity index (χ3v) is 4.94. The maximum absolute atomic E-state index is 12.0. The first kappa shape index (κ1) is 13.8. The average Bonchev–Trinajstić information content (AvgIpc) is 2.27. The molecule has 1 saturated heterocycles. The van der Waals surface area contributed by atoms with Crippen molar-refractivity contribution >= 4 is 5.91 Å². The molecule has 1 aliphatic heterocycles. The lowest BCUT2D eigenvalue weighted by Gasteiger charge is -2.55. The fourth-order valence-electron chi connectivity index (χ4n) is 3.35. The van der Waals surface area contributed by atoms with Crippen molar-refractivity contribution in [3.05, 3.63) is 0 Å². The van der Waals surface area contributed by atoms with E-state index in [1.54, 1.807) is 0 Å². The molecule has 2 aliphatic rings. The Morgan fingerprint density at radius 1 is 1.33 bits per heavy atom. The van der Waals surface area contributed by atoms with Crippen LogP contribution in [0.2, 0.25) is 0 Å². The summed E-state index contributed by atoms with van der Waals surface area (Å²) < 4.78 is 5.82. The summed E-state index contributed by atoms with van der Waals surface area (Å²) in [7, 11) is 0. The summed E-state index contributed by atoms with van der Waals surface area (Å²) in [4.78, 5) is 12.0. The monoisotopic (exact) mass is 254 g/mol.